The van der Waals surface area contributed by atoms with E-state index in [2.05, 4.69) is 4.52 Å². The summed E-state index contributed by atoms with van der Waals surface area (Å²) < 4.78 is 18.9. The first kappa shape index (κ1) is 9.67. The Morgan fingerprint density at radius 3 is 2.67 bits per heavy atom. The maximum absolute atomic E-state index is 10.8. The van der Waals surface area contributed by atoms with E-state index in [1.54, 1.807) is 0 Å². The van der Waals surface area contributed by atoms with Gasteiger partial charge in [-0.1, -0.05) is 0 Å². The average molecular weight is 196 g/mol. The molecule has 1 saturated heterocycles. The molecule has 0 aromatic rings. The zero-order chi connectivity index (χ0) is 9.19. The second-order valence-corrected chi connectivity index (χ2v) is 3.57. The van der Waals surface area contributed by atoms with Crippen molar-refractivity contribution in [3.05, 3.63) is 0 Å². The molecule has 0 aliphatic carbocycles. The Kier molecular flexibility index (Phi) is 2.85. The van der Waals surface area contributed by atoms with Gasteiger partial charge in [-0.3, -0.25) is 9.79 Å². The van der Waals surface area contributed by atoms with Gasteiger partial charge in [0.15, 0.2) is 6.10 Å². The summed E-state index contributed by atoms with van der Waals surface area (Å²) in [4.78, 5) is 27.3. The molecule has 1 fully saturated rings. The van der Waals surface area contributed by atoms with Crippen molar-refractivity contribution in [1.29, 1.82) is 0 Å². The molecule has 1 aliphatic heterocycles. The van der Waals surface area contributed by atoms with Crippen LogP contribution in [0.2, 0.25) is 0 Å². The number of carbonyl (C=O) groups excluding carboxylic acids is 1. The Morgan fingerprint density at radius 1 is 1.58 bits per heavy atom. The van der Waals surface area contributed by atoms with Crippen LogP contribution in [0.15, 0.2) is 0 Å². The van der Waals surface area contributed by atoms with Crippen LogP contribution >= 0.6 is 7.82 Å². The van der Waals surface area contributed by atoms with Gasteiger partial charge in [0.25, 0.3) is 0 Å². The molecule has 1 unspecified atom stereocenters. The average Bonchev–Trinajstić information content (AvgIpc) is 2.32. The van der Waals surface area contributed by atoms with E-state index in [9.17, 15) is 9.36 Å². The van der Waals surface area contributed by atoms with Crippen molar-refractivity contribution in [3.8, 4) is 0 Å². The van der Waals surface area contributed by atoms with Gasteiger partial charge in [-0.2, -0.15) is 0 Å². The first-order chi connectivity index (χ1) is 5.49. The predicted molar refractivity (Wildman–Crippen MR) is 37.1 cm³/mol. The molecule has 0 aromatic heterocycles. The number of rotatable bonds is 2. The third kappa shape index (κ3) is 2.91. The van der Waals surface area contributed by atoms with Gasteiger partial charge in [0.1, 0.15) is 0 Å². The van der Waals surface area contributed by atoms with E-state index in [4.69, 9.17) is 14.5 Å². The van der Waals surface area contributed by atoms with Gasteiger partial charge >= 0.3 is 13.8 Å². The molecule has 1 heterocycles. The molecule has 7 heteroatoms. The van der Waals surface area contributed by atoms with Gasteiger partial charge in [-0.25, -0.2) is 9.36 Å². The second kappa shape index (κ2) is 3.53. The predicted octanol–water partition coefficient (Wildman–Crippen LogP) is -0.199. The van der Waals surface area contributed by atoms with Crippen LogP contribution in [0.3, 0.4) is 0 Å². The summed E-state index contributed by atoms with van der Waals surface area (Å²) in [6.45, 7) is 0.431. The number of hydrogen-bond donors (Lipinski definition) is 2. The zero-order valence-electron chi connectivity index (χ0n) is 6.17. The molecule has 1 atom stereocenters. The fourth-order valence-electron chi connectivity index (χ4n) is 0.940. The minimum atomic E-state index is -4.70. The second-order valence-electron chi connectivity index (χ2n) is 2.40. The molecular weight excluding hydrogens is 187 g/mol. The van der Waals surface area contributed by atoms with E-state index in [-0.39, 0.29) is 0 Å². The minimum Gasteiger partial charge on any atom is -0.369 e. The Hall–Kier alpha value is -0.420. The fourth-order valence-corrected chi connectivity index (χ4v) is 1.29. The van der Waals surface area contributed by atoms with Crippen molar-refractivity contribution < 1.29 is 28.4 Å². The van der Waals surface area contributed by atoms with Gasteiger partial charge in [0.05, 0.1) is 0 Å². The van der Waals surface area contributed by atoms with Gasteiger partial charge in [-0.05, 0) is 12.8 Å². The minimum absolute atomic E-state index is 0.431. The van der Waals surface area contributed by atoms with Gasteiger partial charge in [0, 0.05) is 6.61 Å². The van der Waals surface area contributed by atoms with Crippen LogP contribution in [-0.2, 0) is 18.6 Å². The van der Waals surface area contributed by atoms with Gasteiger partial charge < -0.3 is 9.26 Å². The standard InChI is InChI=1S/C5H9O6P/c6-5(11-12(7,8)9)4-2-1-3-10-4/h4H,1-3H2,(H2,7,8,9). The normalized spacial score (nSPS) is 24.0. The van der Waals surface area contributed by atoms with E-state index >= 15 is 0 Å². The molecule has 2 N–H and O–H groups in total. The molecule has 6 nitrogen and oxygen atoms in total. The van der Waals surface area contributed by atoms with Crippen LogP contribution in [0.1, 0.15) is 12.8 Å². The molecule has 0 bridgehead atoms. The Labute approximate surface area is 68.7 Å². The highest BCUT2D eigenvalue weighted by Gasteiger charge is 2.30. The highest BCUT2D eigenvalue weighted by molar-refractivity contribution is 7.46. The summed E-state index contributed by atoms with van der Waals surface area (Å²) in [5.41, 5.74) is 0. The third-order valence-corrected chi connectivity index (χ3v) is 1.82. The SMILES string of the molecule is O=C(OP(=O)(O)O)C1CCCO1. The maximum atomic E-state index is 10.8. The van der Waals surface area contributed by atoms with E-state index in [0.29, 0.717) is 19.4 Å². The number of phosphoric ester groups is 1. The van der Waals surface area contributed by atoms with Crippen LogP contribution in [0.4, 0.5) is 0 Å². The third-order valence-electron chi connectivity index (χ3n) is 1.40. The Morgan fingerprint density at radius 2 is 2.25 bits per heavy atom. The van der Waals surface area contributed by atoms with Crippen LogP contribution in [0, 0.1) is 0 Å². The zero-order valence-corrected chi connectivity index (χ0v) is 7.07. The maximum Gasteiger partial charge on any atom is 0.527 e. The smallest absolute Gasteiger partial charge is 0.369 e. The molecule has 0 saturated carbocycles. The van der Waals surface area contributed by atoms with Gasteiger partial charge in [-0.15, -0.1) is 0 Å². The quantitative estimate of drug-likeness (QED) is 0.594. The summed E-state index contributed by atoms with van der Waals surface area (Å²) in [5.74, 6) is -0.985. The van der Waals surface area contributed by atoms with Gasteiger partial charge in [0.2, 0.25) is 0 Å². The summed E-state index contributed by atoms with van der Waals surface area (Å²) >= 11 is 0. The highest BCUT2D eigenvalue weighted by Crippen LogP contribution is 2.37. The lowest BCUT2D eigenvalue weighted by Gasteiger charge is -2.09. The summed E-state index contributed by atoms with van der Waals surface area (Å²) in [5, 5.41) is 0. The molecule has 70 valence electrons. The molecule has 12 heavy (non-hydrogen) atoms. The molecule has 1 aliphatic rings. The van der Waals surface area contributed by atoms with E-state index in [1.807, 2.05) is 0 Å². The van der Waals surface area contributed by atoms with Crippen molar-refractivity contribution in [2.75, 3.05) is 6.61 Å². The lowest BCUT2D eigenvalue weighted by molar-refractivity contribution is -0.145. The highest BCUT2D eigenvalue weighted by atomic mass is 31.2. The van der Waals surface area contributed by atoms with E-state index in [0.717, 1.165) is 0 Å². The molecule has 0 spiro atoms. The van der Waals surface area contributed by atoms with Crippen LogP contribution in [0.5, 0.6) is 0 Å². The topological polar surface area (TPSA) is 93.1 Å². The first-order valence-electron chi connectivity index (χ1n) is 3.39. The van der Waals surface area contributed by atoms with Crippen molar-refractivity contribution in [2.45, 2.75) is 18.9 Å². The number of hydrogen-bond acceptors (Lipinski definition) is 4. The van der Waals surface area contributed by atoms with Crippen molar-refractivity contribution in [3.63, 3.8) is 0 Å². The van der Waals surface area contributed by atoms with Crippen molar-refractivity contribution in [1.82, 2.24) is 0 Å². The van der Waals surface area contributed by atoms with E-state index < -0.39 is 19.9 Å². The summed E-state index contributed by atoms with van der Waals surface area (Å²) in [6.07, 6.45) is 0.359. The fraction of sp³-hybridized carbons (Fsp3) is 0.800. The summed E-state index contributed by atoms with van der Waals surface area (Å²) in [6, 6.07) is 0. The monoisotopic (exact) mass is 196 g/mol. The molecule has 1 rings (SSSR count). The number of ether oxygens (including phenoxy) is 1. The van der Waals surface area contributed by atoms with Crippen LogP contribution in [0.25, 0.3) is 0 Å². The van der Waals surface area contributed by atoms with Crippen LogP contribution in [-0.4, -0.2) is 28.5 Å². The molecular formula is C5H9O6P. The Balaban J connectivity index is 2.43. The van der Waals surface area contributed by atoms with Crippen molar-refractivity contribution in [2.24, 2.45) is 0 Å². The Bertz CT molecular complexity index is 214. The first-order valence-corrected chi connectivity index (χ1v) is 4.92. The number of carbonyl (C=O) groups is 1. The molecule has 0 aromatic carbocycles. The summed E-state index contributed by atoms with van der Waals surface area (Å²) in [7, 11) is -4.70. The lowest BCUT2D eigenvalue weighted by atomic mass is 10.2. The molecule has 0 amide bonds. The van der Waals surface area contributed by atoms with E-state index in [1.165, 1.54) is 0 Å². The van der Waals surface area contributed by atoms with Crippen molar-refractivity contribution >= 4 is 13.8 Å². The lowest BCUT2D eigenvalue weighted by Crippen LogP contribution is -2.20. The van der Waals surface area contributed by atoms with Crippen LogP contribution < -0.4 is 0 Å². The largest absolute Gasteiger partial charge is 0.527 e. The number of phosphoric acid groups is 1. The molecule has 0 radical (unpaired) electrons.